The van der Waals surface area contributed by atoms with Crippen molar-refractivity contribution in [3.63, 3.8) is 0 Å². The van der Waals surface area contributed by atoms with E-state index in [4.69, 9.17) is 5.26 Å². The van der Waals surface area contributed by atoms with E-state index in [9.17, 15) is 14.5 Å². The summed E-state index contributed by atoms with van der Waals surface area (Å²) in [5, 5.41) is 22.5. The van der Waals surface area contributed by atoms with Gasteiger partial charge in [0.2, 0.25) is 0 Å². The first-order valence-electron chi connectivity index (χ1n) is 5.31. The molecule has 0 aliphatic heterocycles. The van der Waals surface area contributed by atoms with Crippen molar-refractivity contribution in [2.24, 2.45) is 0 Å². The predicted octanol–water partition coefficient (Wildman–Crippen LogP) is 3.35. The molecular formula is C13H8FN3O2. The number of hydrogen-bond donors (Lipinski definition) is 1. The summed E-state index contributed by atoms with van der Waals surface area (Å²) >= 11 is 0. The average molecular weight is 257 g/mol. The van der Waals surface area contributed by atoms with Gasteiger partial charge in [-0.2, -0.15) is 5.26 Å². The van der Waals surface area contributed by atoms with Crippen molar-refractivity contribution < 1.29 is 9.31 Å². The minimum Gasteiger partial charge on any atom is -0.354 e. The van der Waals surface area contributed by atoms with Crippen LogP contribution in [0, 0.1) is 27.3 Å². The maximum atomic E-state index is 12.8. The smallest absolute Gasteiger partial charge is 0.270 e. The molecular weight excluding hydrogens is 249 g/mol. The number of rotatable bonds is 3. The van der Waals surface area contributed by atoms with Crippen LogP contribution in [0.4, 0.5) is 21.5 Å². The van der Waals surface area contributed by atoms with Crippen molar-refractivity contribution in [1.29, 1.82) is 5.26 Å². The van der Waals surface area contributed by atoms with E-state index in [2.05, 4.69) is 5.32 Å². The van der Waals surface area contributed by atoms with Gasteiger partial charge in [-0.15, -0.1) is 0 Å². The quantitative estimate of drug-likeness (QED) is 0.675. The number of nitrogens with one attached hydrogen (secondary N) is 1. The lowest BCUT2D eigenvalue weighted by molar-refractivity contribution is -0.384. The number of nitro groups is 1. The van der Waals surface area contributed by atoms with Gasteiger partial charge in [0.1, 0.15) is 11.9 Å². The lowest BCUT2D eigenvalue weighted by Crippen LogP contribution is -1.96. The third kappa shape index (κ3) is 2.84. The highest BCUT2D eigenvalue weighted by molar-refractivity contribution is 5.68. The number of nitro benzene ring substituents is 1. The molecule has 2 aromatic rings. The molecule has 19 heavy (non-hydrogen) atoms. The van der Waals surface area contributed by atoms with E-state index in [1.165, 1.54) is 42.5 Å². The molecule has 5 nitrogen and oxygen atoms in total. The highest BCUT2D eigenvalue weighted by Crippen LogP contribution is 2.24. The number of halogens is 1. The Morgan fingerprint density at radius 3 is 2.47 bits per heavy atom. The molecule has 0 fully saturated rings. The van der Waals surface area contributed by atoms with Crippen LogP contribution in [0.1, 0.15) is 5.56 Å². The molecule has 94 valence electrons. The zero-order valence-corrected chi connectivity index (χ0v) is 9.63. The third-order valence-electron chi connectivity index (χ3n) is 2.46. The molecule has 2 aromatic carbocycles. The summed E-state index contributed by atoms with van der Waals surface area (Å²) in [7, 11) is 0. The largest absolute Gasteiger partial charge is 0.354 e. The van der Waals surface area contributed by atoms with Crippen molar-refractivity contribution in [1.82, 2.24) is 0 Å². The number of non-ortho nitro benzene ring substituents is 1. The molecule has 0 radical (unpaired) electrons. The molecule has 0 heterocycles. The number of nitriles is 1. The number of hydrogen-bond acceptors (Lipinski definition) is 4. The molecule has 0 saturated heterocycles. The molecule has 6 heteroatoms. The molecule has 0 aromatic heterocycles. The van der Waals surface area contributed by atoms with Gasteiger partial charge < -0.3 is 5.32 Å². The Labute approximate surface area is 108 Å². The number of nitrogens with zero attached hydrogens (tertiary/aromatic N) is 2. The Morgan fingerprint density at radius 1 is 1.21 bits per heavy atom. The fourth-order valence-corrected chi connectivity index (χ4v) is 1.54. The highest BCUT2D eigenvalue weighted by Gasteiger charge is 2.10. The summed E-state index contributed by atoms with van der Waals surface area (Å²) in [5.41, 5.74) is 1.02. The standard InChI is InChI=1S/C13H8FN3O2/c14-10-1-3-11(4-2-10)16-13-6-5-12(17(18)19)7-9(13)8-15/h1-7,16H. The molecule has 0 amide bonds. The lowest BCUT2D eigenvalue weighted by atomic mass is 10.1. The second-order valence-electron chi connectivity index (χ2n) is 3.73. The van der Waals surface area contributed by atoms with Gasteiger partial charge in [-0.3, -0.25) is 10.1 Å². The van der Waals surface area contributed by atoms with E-state index >= 15 is 0 Å². The minimum absolute atomic E-state index is 0.151. The predicted molar refractivity (Wildman–Crippen MR) is 67.5 cm³/mol. The molecule has 0 aliphatic carbocycles. The fraction of sp³-hybridized carbons (Fsp3) is 0. The topological polar surface area (TPSA) is 79.0 Å². The van der Waals surface area contributed by atoms with Crippen LogP contribution in [0.3, 0.4) is 0 Å². The molecule has 0 aliphatic rings. The first kappa shape index (κ1) is 12.5. The Hall–Kier alpha value is -2.94. The summed E-state index contributed by atoms with van der Waals surface area (Å²) < 4.78 is 12.8. The van der Waals surface area contributed by atoms with Gasteiger partial charge in [-0.05, 0) is 30.3 Å². The lowest BCUT2D eigenvalue weighted by Gasteiger charge is -2.07. The van der Waals surface area contributed by atoms with Crippen molar-refractivity contribution in [2.75, 3.05) is 5.32 Å². The van der Waals surface area contributed by atoms with Gasteiger partial charge in [0.05, 0.1) is 16.2 Å². The van der Waals surface area contributed by atoms with E-state index in [1.807, 2.05) is 6.07 Å². The average Bonchev–Trinajstić information content (AvgIpc) is 2.41. The normalized spacial score (nSPS) is 9.68. The molecule has 0 atom stereocenters. The summed E-state index contributed by atoms with van der Waals surface area (Å²) in [5.74, 6) is -0.366. The molecule has 0 saturated carbocycles. The molecule has 0 spiro atoms. The van der Waals surface area contributed by atoms with Crippen LogP contribution in [0.5, 0.6) is 0 Å². The maximum Gasteiger partial charge on any atom is 0.270 e. The Balaban J connectivity index is 2.33. The van der Waals surface area contributed by atoms with E-state index < -0.39 is 4.92 Å². The van der Waals surface area contributed by atoms with Crippen LogP contribution in [-0.4, -0.2) is 4.92 Å². The van der Waals surface area contributed by atoms with Gasteiger partial charge in [0, 0.05) is 17.8 Å². The van der Waals surface area contributed by atoms with Crippen molar-refractivity contribution >= 4 is 17.1 Å². The fourth-order valence-electron chi connectivity index (χ4n) is 1.54. The Kier molecular flexibility index (Phi) is 3.39. The zero-order chi connectivity index (χ0) is 13.8. The first-order chi connectivity index (χ1) is 9.10. The van der Waals surface area contributed by atoms with Crippen LogP contribution in [0.25, 0.3) is 0 Å². The third-order valence-corrected chi connectivity index (χ3v) is 2.46. The van der Waals surface area contributed by atoms with Crippen LogP contribution in [0.15, 0.2) is 42.5 Å². The van der Waals surface area contributed by atoms with Gasteiger partial charge in [0.25, 0.3) is 5.69 Å². The molecule has 0 unspecified atom stereocenters. The summed E-state index contributed by atoms with van der Waals surface area (Å²) in [6.07, 6.45) is 0. The molecule has 1 N–H and O–H groups in total. The van der Waals surface area contributed by atoms with Crippen LogP contribution < -0.4 is 5.32 Å². The Bertz CT molecular complexity index is 663. The number of anilines is 2. The molecule has 2 rings (SSSR count). The second kappa shape index (κ2) is 5.14. The number of benzene rings is 2. The highest BCUT2D eigenvalue weighted by atomic mass is 19.1. The summed E-state index contributed by atoms with van der Waals surface area (Å²) in [6, 6.07) is 11.4. The SMILES string of the molecule is N#Cc1cc([N+](=O)[O-])ccc1Nc1ccc(F)cc1. The van der Waals surface area contributed by atoms with Crippen LogP contribution in [0.2, 0.25) is 0 Å². The van der Waals surface area contributed by atoms with Gasteiger partial charge in [-0.25, -0.2) is 4.39 Å². The van der Waals surface area contributed by atoms with Crippen molar-refractivity contribution in [2.45, 2.75) is 0 Å². The van der Waals surface area contributed by atoms with Gasteiger partial charge >= 0.3 is 0 Å². The van der Waals surface area contributed by atoms with Crippen molar-refractivity contribution in [3.8, 4) is 6.07 Å². The van der Waals surface area contributed by atoms with Crippen LogP contribution in [-0.2, 0) is 0 Å². The van der Waals surface area contributed by atoms with Crippen molar-refractivity contribution in [3.05, 3.63) is 64.0 Å². The zero-order valence-electron chi connectivity index (χ0n) is 9.63. The van der Waals surface area contributed by atoms with E-state index in [-0.39, 0.29) is 17.1 Å². The summed E-state index contributed by atoms with van der Waals surface area (Å²) in [6.45, 7) is 0. The second-order valence-corrected chi connectivity index (χ2v) is 3.73. The minimum atomic E-state index is -0.567. The Morgan fingerprint density at radius 2 is 1.89 bits per heavy atom. The van der Waals surface area contributed by atoms with E-state index in [0.717, 1.165) is 0 Å². The van der Waals surface area contributed by atoms with Crippen LogP contribution >= 0.6 is 0 Å². The first-order valence-corrected chi connectivity index (χ1v) is 5.31. The molecule has 0 bridgehead atoms. The van der Waals surface area contributed by atoms with E-state index in [1.54, 1.807) is 0 Å². The maximum absolute atomic E-state index is 12.8. The van der Waals surface area contributed by atoms with E-state index in [0.29, 0.717) is 11.4 Å². The van der Waals surface area contributed by atoms with Gasteiger partial charge in [0.15, 0.2) is 0 Å². The van der Waals surface area contributed by atoms with Gasteiger partial charge in [-0.1, -0.05) is 0 Å². The monoisotopic (exact) mass is 257 g/mol. The summed E-state index contributed by atoms with van der Waals surface area (Å²) in [4.78, 5) is 10.0.